The Bertz CT molecular complexity index is 678. The summed E-state index contributed by atoms with van der Waals surface area (Å²) in [6, 6.07) is 5.70. The van der Waals surface area contributed by atoms with Gasteiger partial charge in [-0.3, -0.25) is 10.1 Å². The van der Waals surface area contributed by atoms with E-state index in [9.17, 15) is 10.1 Å². The molecule has 0 amide bonds. The van der Waals surface area contributed by atoms with Crippen LogP contribution in [-0.2, 0) is 6.42 Å². The van der Waals surface area contributed by atoms with Crippen LogP contribution in [0.4, 0.5) is 5.69 Å². The number of nitro groups is 1. The number of nitro benzene ring substituents is 1. The second kappa shape index (κ2) is 6.49. The second-order valence-electron chi connectivity index (χ2n) is 3.99. The van der Waals surface area contributed by atoms with Crippen molar-refractivity contribution in [3.63, 3.8) is 0 Å². The lowest BCUT2D eigenvalue weighted by molar-refractivity contribution is -0.384. The molecule has 0 aliphatic heterocycles. The van der Waals surface area contributed by atoms with Gasteiger partial charge < -0.3 is 9.47 Å². The summed E-state index contributed by atoms with van der Waals surface area (Å²) in [4.78, 5) is 18.7. The van der Waals surface area contributed by atoms with E-state index in [1.807, 2.05) is 6.92 Å². The van der Waals surface area contributed by atoms with E-state index in [0.29, 0.717) is 22.6 Å². The van der Waals surface area contributed by atoms with Gasteiger partial charge in [-0.2, -0.15) is 4.98 Å². The van der Waals surface area contributed by atoms with Crippen LogP contribution in [0.1, 0.15) is 12.7 Å². The van der Waals surface area contributed by atoms with Crippen LogP contribution in [0, 0.1) is 10.1 Å². The molecule has 0 aliphatic carbocycles. The summed E-state index contributed by atoms with van der Waals surface area (Å²) in [6.45, 7) is 1.92. The van der Waals surface area contributed by atoms with E-state index in [4.69, 9.17) is 9.47 Å². The maximum absolute atomic E-state index is 10.8. The number of ether oxygens (including phenoxy) is 2. The second-order valence-corrected chi connectivity index (χ2v) is 4.81. The topological polar surface area (TPSA) is 87.4 Å². The Labute approximate surface area is 129 Å². The van der Waals surface area contributed by atoms with Gasteiger partial charge in [-0.25, -0.2) is 4.98 Å². The molecule has 1 heterocycles. The fourth-order valence-electron chi connectivity index (χ4n) is 1.62. The molecule has 0 unspecified atom stereocenters. The summed E-state index contributed by atoms with van der Waals surface area (Å²) < 4.78 is 11.3. The molecule has 7 nitrogen and oxygen atoms in total. The Morgan fingerprint density at radius 2 is 2.05 bits per heavy atom. The standard InChI is InChI=1S/C13H12BrN3O4/c1-3-12-15-11(14)7-13(16-12)21-10-6-8(17(18)19)4-5-9(10)20-2/h4-7H,3H2,1-2H3. The third-order valence-electron chi connectivity index (χ3n) is 2.61. The van der Waals surface area contributed by atoms with Gasteiger partial charge in [-0.05, 0) is 22.0 Å². The van der Waals surface area contributed by atoms with Gasteiger partial charge in [0.1, 0.15) is 10.4 Å². The van der Waals surface area contributed by atoms with E-state index in [0.717, 1.165) is 0 Å². The first kappa shape index (κ1) is 15.2. The molecule has 8 heteroatoms. The number of hydrogen-bond acceptors (Lipinski definition) is 6. The van der Waals surface area contributed by atoms with Crippen LogP contribution in [-0.4, -0.2) is 22.0 Å². The number of hydrogen-bond donors (Lipinski definition) is 0. The van der Waals surface area contributed by atoms with Gasteiger partial charge in [0.2, 0.25) is 5.88 Å². The van der Waals surface area contributed by atoms with Crippen molar-refractivity contribution in [3.8, 4) is 17.4 Å². The molecule has 1 aromatic heterocycles. The van der Waals surface area contributed by atoms with Gasteiger partial charge in [-0.1, -0.05) is 6.92 Å². The van der Waals surface area contributed by atoms with Crippen molar-refractivity contribution in [1.82, 2.24) is 9.97 Å². The predicted octanol–water partition coefficient (Wildman–Crippen LogP) is 3.51. The highest BCUT2D eigenvalue weighted by Crippen LogP contribution is 2.34. The molecule has 0 spiro atoms. The number of rotatable bonds is 5. The summed E-state index contributed by atoms with van der Waals surface area (Å²) in [5.41, 5.74) is -0.0883. The van der Waals surface area contributed by atoms with E-state index in [2.05, 4.69) is 25.9 Å². The van der Waals surface area contributed by atoms with Crippen LogP contribution in [0.2, 0.25) is 0 Å². The molecule has 21 heavy (non-hydrogen) atoms. The number of non-ortho nitro benzene ring substituents is 1. The lowest BCUT2D eigenvalue weighted by Gasteiger charge is -2.10. The van der Waals surface area contributed by atoms with Crippen LogP contribution < -0.4 is 9.47 Å². The Balaban J connectivity index is 2.40. The van der Waals surface area contributed by atoms with Gasteiger partial charge >= 0.3 is 0 Å². The number of halogens is 1. The zero-order valence-corrected chi connectivity index (χ0v) is 13.0. The average molecular weight is 354 g/mol. The minimum absolute atomic E-state index is 0.0883. The van der Waals surface area contributed by atoms with Gasteiger partial charge in [0.25, 0.3) is 5.69 Å². The normalized spacial score (nSPS) is 10.2. The Morgan fingerprint density at radius 3 is 2.67 bits per heavy atom. The molecule has 110 valence electrons. The van der Waals surface area contributed by atoms with E-state index >= 15 is 0 Å². The lowest BCUT2D eigenvalue weighted by Crippen LogP contribution is -1.98. The molecule has 2 aromatic rings. The molecule has 0 atom stereocenters. The molecular weight excluding hydrogens is 342 g/mol. The third kappa shape index (κ3) is 3.66. The molecular formula is C13H12BrN3O4. The van der Waals surface area contributed by atoms with Crippen molar-refractivity contribution < 1.29 is 14.4 Å². The van der Waals surface area contributed by atoms with E-state index in [1.165, 1.54) is 25.3 Å². The van der Waals surface area contributed by atoms with Gasteiger partial charge in [-0.15, -0.1) is 0 Å². The molecule has 0 saturated carbocycles. The van der Waals surface area contributed by atoms with Crippen molar-refractivity contribution in [1.29, 1.82) is 0 Å². The fraction of sp³-hybridized carbons (Fsp3) is 0.231. The molecule has 0 aliphatic rings. The summed E-state index contributed by atoms with van der Waals surface area (Å²) in [6.07, 6.45) is 0.641. The van der Waals surface area contributed by atoms with Crippen molar-refractivity contribution in [2.45, 2.75) is 13.3 Å². The highest BCUT2D eigenvalue weighted by molar-refractivity contribution is 9.10. The van der Waals surface area contributed by atoms with Crippen LogP contribution in [0.5, 0.6) is 17.4 Å². The monoisotopic (exact) mass is 353 g/mol. The summed E-state index contributed by atoms with van der Waals surface area (Å²) in [7, 11) is 1.46. The molecule has 1 aromatic carbocycles. The highest BCUT2D eigenvalue weighted by Gasteiger charge is 2.14. The first-order chi connectivity index (χ1) is 10.0. The van der Waals surface area contributed by atoms with Crippen LogP contribution in [0.15, 0.2) is 28.9 Å². The van der Waals surface area contributed by atoms with Crippen molar-refractivity contribution in [2.75, 3.05) is 7.11 Å². The largest absolute Gasteiger partial charge is 0.493 e. The molecule has 0 bridgehead atoms. The number of methoxy groups -OCH3 is 1. The Kier molecular flexibility index (Phi) is 4.69. The van der Waals surface area contributed by atoms with E-state index < -0.39 is 4.92 Å². The predicted molar refractivity (Wildman–Crippen MR) is 78.8 cm³/mol. The first-order valence-electron chi connectivity index (χ1n) is 6.07. The minimum atomic E-state index is -0.500. The van der Waals surface area contributed by atoms with E-state index in [1.54, 1.807) is 6.07 Å². The van der Waals surface area contributed by atoms with Gasteiger partial charge in [0.05, 0.1) is 18.1 Å². The maximum Gasteiger partial charge on any atom is 0.273 e. The number of aromatic nitrogens is 2. The highest BCUT2D eigenvalue weighted by atomic mass is 79.9. The van der Waals surface area contributed by atoms with Crippen molar-refractivity contribution >= 4 is 21.6 Å². The number of aryl methyl sites for hydroxylation is 1. The average Bonchev–Trinajstić information content (AvgIpc) is 2.46. The molecule has 0 fully saturated rings. The third-order valence-corrected chi connectivity index (χ3v) is 3.01. The fourth-order valence-corrected chi connectivity index (χ4v) is 2.02. The zero-order chi connectivity index (χ0) is 15.4. The Hall–Kier alpha value is -2.22. The van der Waals surface area contributed by atoms with Crippen molar-refractivity contribution in [2.24, 2.45) is 0 Å². The lowest BCUT2D eigenvalue weighted by atomic mass is 10.3. The summed E-state index contributed by atoms with van der Waals surface area (Å²) >= 11 is 3.27. The first-order valence-corrected chi connectivity index (χ1v) is 6.86. The van der Waals surface area contributed by atoms with E-state index in [-0.39, 0.29) is 17.3 Å². The quantitative estimate of drug-likeness (QED) is 0.464. The number of benzene rings is 1. The number of nitrogens with zero attached hydrogens (tertiary/aromatic N) is 3. The van der Waals surface area contributed by atoms with Crippen LogP contribution in [0.3, 0.4) is 0 Å². The molecule has 2 rings (SSSR count). The summed E-state index contributed by atoms with van der Waals surface area (Å²) in [5.74, 6) is 1.49. The van der Waals surface area contributed by atoms with Crippen molar-refractivity contribution in [3.05, 3.63) is 44.8 Å². The molecule has 0 radical (unpaired) electrons. The van der Waals surface area contributed by atoms with Crippen LogP contribution in [0.25, 0.3) is 0 Å². The summed E-state index contributed by atoms with van der Waals surface area (Å²) in [5, 5.41) is 10.8. The smallest absolute Gasteiger partial charge is 0.273 e. The van der Waals surface area contributed by atoms with Gasteiger partial charge in [0, 0.05) is 18.6 Å². The maximum atomic E-state index is 10.8. The molecule has 0 saturated heterocycles. The minimum Gasteiger partial charge on any atom is -0.493 e. The Morgan fingerprint density at radius 1 is 1.29 bits per heavy atom. The zero-order valence-electron chi connectivity index (χ0n) is 11.4. The van der Waals surface area contributed by atoms with Crippen LogP contribution >= 0.6 is 15.9 Å². The van der Waals surface area contributed by atoms with Gasteiger partial charge in [0.15, 0.2) is 11.5 Å². The SMILES string of the molecule is CCc1nc(Br)cc(Oc2cc([N+](=O)[O-])ccc2OC)n1. The molecule has 0 N–H and O–H groups in total.